The molecule has 208 valence electrons. The lowest BCUT2D eigenvalue weighted by Gasteiger charge is -2.15. The highest BCUT2D eigenvalue weighted by molar-refractivity contribution is 6.21. The highest BCUT2D eigenvalue weighted by Gasteiger charge is 2.15. The number of benzene rings is 3. The molecule has 2 N–H and O–H groups in total. The highest BCUT2D eigenvalue weighted by Crippen LogP contribution is 2.30. The van der Waals surface area contributed by atoms with Crippen molar-refractivity contribution in [3.05, 3.63) is 77.9 Å². The maximum absolute atomic E-state index is 12.6. The minimum absolute atomic E-state index is 0.0997. The van der Waals surface area contributed by atoms with E-state index in [2.05, 4.69) is 5.32 Å². The van der Waals surface area contributed by atoms with Gasteiger partial charge in [-0.2, -0.15) is 0 Å². The van der Waals surface area contributed by atoms with Gasteiger partial charge in [-0.15, -0.1) is 0 Å². The third kappa shape index (κ3) is 8.66. The molecule has 9 nitrogen and oxygen atoms in total. The van der Waals surface area contributed by atoms with Crippen LogP contribution in [0.5, 0.6) is 28.7 Å². The monoisotopic (exact) mass is 537 g/mol. The van der Waals surface area contributed by atoms with Gasteiger partial charge in [0, 0.05) is 24.7 Å². The van der Waals surface area contributed by atoms with Gasteiger partial charge in [0.25, 0.3) is 0 Å². The number of para-hydroxylation sites is 2. The first kappa shape index (κ1) is 29.3. The summed E-state index contributed by atoms with van der Waals surface area (Å²) in [5, 5.41) is 13.4. The smallest absolute Gasteiger partial charge is 0.338 e. The fourth-order valence-corrected chi connectivity index (χ4v) is 3.69. The van der Waals surface area contributed by atoms with Gasteiger partial charge in [0.15, 0.2) is 11.5 Å². The van der Waals surface area contributed by atoms with Crippen LogP contribution < -0.4 is 29.0 Å². The standard InChI is InChI=1S/C30H35NO8/c1-34-25-14-11-22(29(18-25)36-3)17-26(30(33)37-4)21-9-12-24(13-10-21)39-20-23(32)19-31-15-16-38-28-8-6-5-7-27(28)35-2/h5-14,17-18,23,31-32H,15-16,19-20H2,1-4H3/b26-17+. The quantitative estimate of drug-likeness (QED) is 0.130. The normalized spacial score (nSPS) is 11.9. The van der Waals surface area contributed by atoms with E-state index in [1.165, 1.54) is 7.11 Å². The molecule has 1 unspecified atom stereocenters. The van der Waals surface area contributed by atoms with Crippen molar-refractivity contribution in [1.82, 2.24) is 5.32 Å². The highest BCUT2D eigenvalue weighted by atomic mass is 16.5. The average molecular weight is 538 g/mol. The van der Waals surface area contributed by atoms with E-state index in [1.54, 1.807) is 69.9 Å². The first-order valence-corrected chi connectivity index (χ1v) is 12.4. The number of aliphatic hydroxyl groups is 1. The summed E-state index contributed by atoms with van der Waals surface area (Å²) in [5.41, 5.74) is 1.69. The van der Waals surface area contributed by atoms with Crippen molar-refractivity contribution in [3.8, 4) is 28.7 Å². The zero-order valence-corrected chi connectivity index (χ0v) is 22.6. The lowest BCUT2D eigenvalue weighted by molar-refractivity contribution is -0.133. The summed E-state index contributed by atoms with van der Waals surface area (Å²) in [6, 6.07) is 19.7. The van der Waals surface area contributed by atoms with Gasteiger partial charge in [-0.1, -0.05) is 24.3 Å². The van der Waals surface area contributed by atoms with Gasteiger partial charge >= 0.3 is 5.97 Å². The van der Waals surface area contributed by atoms with E-state index in [9.17, 15) is 9.90 Å². The Morgan fingerprint density at radius 2 is 1.54 bits per heavy atom. The van der Waals surface area contributed by atoms with Crippen molar-refractivity contribution in [2.24, 2.45) is 0 Å². The molecule has 3 rings (SSSR count). The van der Waals surface area contributed by atoms with Crippen LogP contribution in [0, 0.1) is 0 Å². The molecule has 0 heterocycles. The van der Waals surface area contributed by atoms with Gasteiger partial charge in [-0.3, -0.25) is 0 Å². The number of carbonyl (C=O) groups is 1. The predicted octanol–water partition coefficient (Wildman–Crippen LogP) is 3.83. The summed E-state index contributed by atoms with van der Waals surface area (Å²) in [6.07, 6.45) is 0.983. The van der Waals surface area contributed by atoms with Crippen molar-refractivity contribution >= 4 is 17.6 Å². The van der Waals surface area contributed by atoms with Gasteiger partial charge in [0.2, 0.25) is 0 Å². The number of esters is 1. The third-order valence-corrected chi connectivity index (χ3v) is 5.74. The summed E-state index contributed by atoms with van der Waals surface area (Å²) < 4.78 is 32.4. The Hall–Kier alpha value is -4.21. The van der Waals surface area contributed by atoms with Crippen LogP contribution in [-0.4, -0.2) is 71.9 Å². The van der Waals surface area contributed by atoms with Crippen molar-refractivity contribution in [2.75, 3.05) is 54.7 Å². The maximum atomic E-state index is 12.6. The van der Waals surface area contributed by atoms with Crippen LogP contribution in [0.3, 0.4) is 0 Å². The van der Waals surface area contributed by atoms with E-state index in [0.717, 1.165) is 0 Å². The lowest BCUT2D eigenvalue weighted by Crippen LogP contribution is -2.33. The molecule has 0 aliphatic heterocycles. The Kier molecular flexibility index (Phi) is 11.5. The van der Waals surface area contributed by atoms with Crippen molar-refractivity contribution < 1.29 is 38.3 Å². The molecule has 0 amide bonds. The largest absolute Gasteiger partial charge is 0.497 e. The molecule has 0 saturated heterocycles. The second-order valence-electron chi connectivity index (χ2n) is 8.35. The molecule has 1 atom stereocenters. The molecule has 3 aromatic rings. The summed E-state index contributed by atoms with van der Waals surface area (Å²) in [7, 11) is 6.05. The molecular formula is C30H35NO8. The molecule has 0 radical (unpaired) electrons. The second kappa shape index (κ2) is 15.3. The zero-order chi connectivity index (χ0) is 28.0. The van der Waals surface area contributed by atoms with Gasteiger partial charge in [-0.25, -0.2) is 4.79 Å². The van der Waals surface area contributed by atoms with Crippen molar-refractivity contribution in [1.29, 1.82) is 0 Å². The Balaban J connectivity index is 1.52. The molecule has 0 aliphatic carbocycles. The van der Waals surface area contributed by atoms with E-state index in [4.69, 9.17) is 28.4 Å². The van der Waals surface area contributed by atoms with Crippen LogP contribution in [0.2, 0.25) is 0 Å². The van der Waals surface area contributed by atoms with E-state index >= 15 is 0 Å². The average Bonchev–Trinajstić information content (AvgIpc) is 2.98. The van der Waals surface area contributed by atoms with E-state index in [1.807, 2.05) is 24.3 Å². The number of methoxy groups -OCH3 is 4. The number of hydrogen-bond donors (Lipinski definition) is 2. The summed E-state index contributed by atoms with van der Waals surface area (Å²) >= 11 is 0. The topological polar surface area (TPSA) is 105 Å². The first-order valence-electron chi connectivity index (χ1n) is 12.4. The Bertz CT molecular complexity index is 1230. The number of aliphatic hydroxyl groups excluding tert-OH is 1. The first-order chi connectivity index (χ1) is 19.0. The number of hydrogen-bond acceptors (Lipinski definition) is 9. The van der Waals surface area contributed by atoms with Gasteiger partial charge in [0.05, 0.1) is 34.0 Å². The van der Waals surface area contributed by atoms with Crippen LogP contribution >= 0.6 is 0 Å². The Morgan fingerprint density at radius 3 is 2.21 bits per heavy atom. The fraction of sp³-hybridized carbons (Fsp3) is 0.300. The minimum Gasteiger partial charge on any atom is -0.497 e. The van der Waals surface area contributed by atoms with E-state index in [-0.39, 0.29) is 6.61 Å². The van der Waals surface area contributed by atoms with Crippen LogP contribution in [0.1, 0.15) is 11.1 Å². The maximum Gasteiger partial charge on any atom is 0.338 e. The Labute approximate surface area is 228 Å². The number of ether oxygens (including phenoxy) is 6. The van der Waals surface area contributed by atoms with Crippen molar-refractivity contribution in [2.45, 2.75) is 6.10 Å². The van der Waals surface area contributed by atoms with Crippen molar-refractivity contribution in [3.63, 3.8) is 0 Å². The molecule has 39 heavy (non-hydrogen) atoms. The van der Waals surface area contributed by atoms with Crippen LogP contribution in [0.15, 0.2) is 66.7 Å². The van der Waals surface area contributed by atoms with Crippen LogP contribution in [0.4, 0.5) is 0 Å². The second-order valence-corrected chi connectivity index (χ2v) is 8.35. The lowest BCUT2D eigenvalue weighted by atomic mass is 10.0. The SMILES string of the molecule is COC(=O)/C(=C/c1ccc(OC)cc1OC)c1ccc(OCC(O)CNCCOc2ccccc2OC)cc1. The molecule has 0 fully saturated rings. The molecule has 0 aromatic heterocycles. The fourth-order valence-electron chi connectivity index (χ4n) is 3.69. The third-order valence-electron chi connectivity index (χ3n) is 5.74. The molecule has 0 saturated carbocycles. The summed E-state index contributed by atoms with van der Waals surface area (Å²) in [5.74, 6) is 2.61. The van der Waals surface area contributed by atoms with Gasteiger partial charge in [0.1, 0.15) is 36.6 Å². The molecule has 9 heteroatoms. The molecule has 0 aliphatic rings. The molecule has 3 aromatic carbocycles. The summed E-state index contributed by atoms with van der Waals surface area (Å²) in [4.78, 5) is 12.6. The molecule has 0 spiro atoms. The Morgan fingerprint density at radius 1 is 0.846 bits per heavy atom. The number of carbonyl (C=O) groups excluding carboxylic acids is 1. The minimum atomic E-state index is -0.719. The zero-order valence-electron chi connectivity index (χ0n) is 22.6. The molecule has 0 bridgehead atoms. The van der Waals surface area contributed by atoms with E-state index < -0.39 is 12.1 Å². The summed E-state index contributed by atoms with van der Waals surface area (Å²) in [6.45, 7) is 1.41. The van der Waals surface area contributed by atoms with E-state index in [0.29, 0.717) is 65.1 Å². The number of nitrogens with one attached hydrogen (secondary N) is 1. The predicted molar refractivity (Wildman–Crippen MR) is 149 cm³/mol. The van der Waals surface area contributed by atoms with Crippen LogP contribution in [-0.2, 0) is 9.53 Å². The number of rotatable bonds is 15. The van der Waals surface area contributed by atoms with Crippen LogP contribution in [0.25, 0.3) is 11.6 Å². The van der Waals surface area contributed by atoms with Gasteiger partial charge in [-0.05, 0) is 48.0 Å². The van der Waals surface area contributed by atoms with Gasteiger partial charge < -0.3 is 38.8 Å². The molecular weight excluding hydrogens is 502 g/mol.